The molecule has 0 amide bonds. The first-order valence-electron chi connectivity index (χ1n) is 5.88. The Labute approximate surface area is 108 Å². The first-order valence-corrected chi connectivity index (χ1v) is 6.26. The van der Waals surface area contributed by atoms with Gasteiger partial charge in [0, 0.05) is 18.2 Å². The van der Waals surface area contributed by atoms with Gasteiger partial charge in [0.15, 0.2) is 0 Å². The third kappa shape index (κ3) is 6.03. The molecule has 4 heteroatoms. The molecule has 3 nitrogen and oxygen atoms in total. The number of hydrogen-bond acceptors (Lipinski definition) is 3. The second-order valence-corrected chi connectivity index (χ2v) is 4.36. The third-order valence-corrected chi connectivity index (χ3v) is 2.85. The second kappa shape index (κ2) is 8.48. The van der Waals surface area contributed by atoms with E-state index in [1.807, 2.05) is 19.1 Å². The van der Waals surface area contributed by atoms with E-state index in [9.17, 15) is 0 Å². The minimum absolute atomic E-state index is 0.0947. The summed E-state index contributed by atoms with van der Waals surface area (Å²) in [6.45, 7) is 4.97. The van der Waals surface area contributed by atoms with E-state index in [2.05, 4.69) is 11.4 Å². The van der Waals surface area contributed by atoms with Gasteiger partial charge in [0.1, 0.15) is 0 Å². The van der Waals surface area contributed by atoms with Crippen LogP contribution in [0.25, 0.3) is 0 Å². The molecular weight excluding hydrogens is 238 g/mol. The topological polar surface area (TPSA) is 41.5 Å². The highest BCUT2D eigenvalue weighted by Gasteiger charge is 1.97. The Hall–Kier alpha value is -0.610. The highest BCUT2D eigenvalue weighted by molar-refractivity contribution is 6.31. The summed E-state index contributed by atoms with van der Waals surface area (Å²) >= 11 is 5.96. The van der Waals surface area contributed by atoms with Crippen molar-refractivity contribution in [1.82, 2.24) is 5.32 Å². The van der Waals surface area contributed by atoms with Gasteiger partial charge in [0.2, 0.25) is 0 Å². The SMILES string of the molecule is Cc1cc(CNCCCOCCO)ccc1Cl. The highest BCUT2D eigenvalue weighted by Crippen LogP contribution is 2.15. The van der Waals surface area contributed by atoms with Gasteiger partial charge in [0.25, 0.3) is 0 Å². The summed E-state index contributed by atoms with van der Waals surface area (Å²) in [5, 5.41) is 12.7. The molecule has 0 saturated carbocycles. The third-order valence-electron chi connectivity index (χ3n) is 2.43. The summed E-state index contributed by atoms with van der Waals surface area (Å²) in [4.78, 5) is 0. The number of rotatable bonds is 8. The smallest absolute Gasteiger partial charge is 0.0697 e. The normalized spacial score (nSPS) is 10.8. The maximum atomic E-state index is 8.51. The Morgan fingerprint density at radius 3 is 2.88 bits per heavy atom. The summed E-state index contributed by atoms with van der Waals surface area (Å²) in [5.74, 6) is 0. The maximum absolute atomic E-state index is 8.51. The van der Waals surface area contributed by atoms with E-state index in [1.165, 1.54) is 5.56 Å². The molecule has 0 fully saturated rings. The van der Waals surface area contributed by atoms with Crippen molar-refractivity contribution >= 4 is 11.6 Å². The molecule has 0 radical (unpaired) electrons. The molecule has 0 aliphatic heterocycles. The Morgan fingerprint density at radius 2 is 2.18 bits per heavy atom. The molecule has 1 aromatic rings. The van der Waals surface area contributed by atoms with Crippen molar-refractivity contribution in [2.24, 2.45) is 0 Å². The Kier molecular flexibility index (Phi) is 7.21. The molecule has 1 rings (SSSR count). The van der Waals surface area contributed by atoms with Crippen LogP contribution in [0.1, 0.15) is 17.5 Å². The van der Waals surface area contributed by atoms with Crippen molar-refractivity contribution in [3.05, 3.63) is 34.3 Å². The zero-order chi connectivity index (χ0) is 12.5. The number of aryl methyl sites for hydroxylation is 1. The van der Waals surface area contributed by atoms with Crippen LogP contribution in [-0.4, -0.2) is 31.5 Å². The predicted molar refractivity (Wildman–Crippen MR) is 70.4 cm³/mol. The summed E-state index contributed by atoms with van der Waals surface area (Å²) in [6.07, 6.45) is 0.951. The lowest BCUT2D eigenvalue weighted by molar-refractivity contribution is 0.0907. The van der Waals surface area contributed by atoms with Gasteiger partial charge >= 0.3 is 0 Å². The number of nitrogens with one attached hydrogen (secondary N) is 1. The molecule has 1 aromatic carbocycles. The van der Waals surface area contributed by atoms with Crippen LogP contribution in [-0.2, 0) is 11.3 Å². The minimum atomic E-state index is 0.0947. The molecule has 17 heavy (non-hydrogen) atoms. The molecule has 0 bridgehead atoms. The molecule has 0 spiro atoms. The van der Waals surface area contributed by atoms with Gasteiger partial charge in [0.05, 0.1) is 13.2 Å². The second-order valence-electron chi connectivity index (χ2n) is 3.95. The lowest BCUT2D eigenvalue weighted by atomic mass is 10.1. The van der Waals surface area contributed by atoms with Crippen molar-refractivity contribution in [2.75, 3.05) is 26.4 Å². The van der Waals surface area contributed by atoms with E-state index in [0.29, 0.717) is 13.2 Å². The molecule has 0 heterocycles. The maximum Gasteiger partial charge on any atom is 0.0697 e. The molecule has 96 valence electrons. The van der Waals surface area contributed by atoms with E-state index in [0.717, 1.165) is 30.1 Å². The minimum Gasteiger partial charge on any atom is -0.394 e. The summed E-state index contributed by atoms with van der Waals surface area (Å²) < 4.78 is 5.16. The number of benzene rings is 1. The number of ether oxygens (including phenoxy) is 1. The van der Waals surface area contributed by atoms with Gasteiger partial charge < -0.3 is 15.2 Å². The van der Waals surface area contributed by atoms with Crippen LogP contribution in [0.15, 0.2) is 18.2 Å². The average Bonchev–Trinajstić information content (AvgIpc) is 2.32. The van der Waals surface area contributed by atoms with Crippen LogP contribution < -0.4 is 5.32 Å². The fourth-order valence-corrected chi connectivity index (χ4v) is 1.63. The molecular formula is C13H20ClNO2. The van der Waals surface area contributed by atoms with Gasteiger partial charge in [-0.2, -0.15) is 0 Å². The molecule has 0 atom stereocenters. The first-order chi connectivity index (χ1) is 8.24. The van der Waals surface area contributed by atoms with E-state index in [1.54, 1.807) is 0 Å². The number of hydrogen-bond donors (Lipinski definition) is 2. The monoisotopic (exact) mass is 257 g/mol. The van der Waals surface area contributed by atoms with Crippen LogP contribution in [0.5, 0.6) is 0 Å². The van der Waals surface area contributed by atoms with Gasteiger partial charge in [-0.15, -0.1) is 0 Å². The zero-order valence-electron chi connectivity index (χ0n) is 10.2. The van der Waals surface area contributed by atoms with E-state index in [-0.39, 0.29) is 6.61 Å². The van der Waals surface area contributed by atoms with Crippen LogP contribution in [0.4, 0.5) is 0 Å². The van der Waals surface area contributed by atoms with Gasteiger partial charge in [-0.3, -0.25) is 0 Å². The number of aliphatic hydroxyl groups is 1. The molecule has 0 saturated heterocycles. The summed E-state index contributed by atoms with van der Waals surface area (Å²) in [5.41, 5.74) is 2.35. The number of halogens is 1. The van der Waals surface area contributed by atoms with Crippen LogP contribution in [0.2, 0.25) is 5.02 Å². The lowest BCUT2D eigenvalue weighted by Gasteiger charge is -2.07. The predicted octanol–water partition coefficient (Wildman–Crippen LogP) is 2.14. The van der Waals surface area contributed by atoms with Crippen molar-refractivity contribution < 1.29 is 9.84 Å². The Bertz CT molecular complexity index is 331. The molecule has 0 unspecified atom stereocenters. The summed E-state index contributed by atoms with van der Waals surface area (Å²) in [7, 11) is 0. The zero-order valence-corrected chi connectivity index (χ0v) is 11.0. The largest absolute Gasteiger partial charge is 0.394 e. The quantitative estimate of drug-likeness (QED) is 0.701. The fourth-order valence-electron chi connectivity index (χ4n) is 1.52. The van der Waals surface area contributed by atoms with Crippen LogP contribution in [0, 0.1) is 6.92 Å². The Morgan fingerprint density at radius 1 is 1.35 bits per heavy atom. The Balaban J connectivity index is 2.11. The molecule has 0 aromatic heterocycles. The number of aliphatic hydroxyl groups excluding tert-OH is 1. The van der Waals surface area contributed by atoms with Crippen molar-refractivity contribution in [3.8, 4) is 0 Å². The molecule has 2 N–H and O–H groups in total. The lowest BCUT2D eigenvalue weighted by Crippen LogP contribution is -2.16. The molecule has 0 aliphatic rings. The van der Waals surface area contributed by atoms with Gasteiger partial charge in [-0.1, -0.05) is 23.7 Å². The van der Waals surface area contributed by atoms with Crippen LogP contribution >= 0.6 is 11.6 Å². The van der Waals surface area contributed by atoms with Crippen molar-refractivity contribution in [2.45, 2.75) is 19.9 Å². The van der Waals surface area contributed by atoms with Gasteiger partial charge in [-0.25, -0.2) is 0 Å². The van der Waals surface area contributed by atoms with Gasteiger partial charge in [-0.05, 0) is 37.1 Å². The van der Waals surface area contributed by atoms with Crippen LogP contribution in [0.3, 0.4) is 0 Å². The van der Waals surface area contributed by atoms with E-state index >= 15 is 0 Å². The van der Waals surface area contributed by atoms with E-state index < -0.39 is 0 Å². The van der Waals surface area contributed by atoms with E-state index in [4.69, 9.17) is 21.4 Å². The highest BCUT2D eigenvalue weighted by atomic mass is 35.5. The summed E-state index contributed by atoms with van der Waals surface area (Å²) in [6, 6.07) is 6.06. The standard InChI is InChI=1S/C13H20ClNO2/c1-11-9-12(3-4-13(11)14)10-15-5-2-7-17-8-6-16/h3-4,9,15-16H,2,5-8,10H2,1H3. The first kappa shape index (κ1) is 14.5. The van der Waals surface area contributed by atoms with Crippen molar-refractivity contribution in [1.29, 1.82) is 0 Å². The average molecular weight is 258 g/mol. The fraction of sp³-hybridized carbons (Fsp3) is 0.538. The molecule has 0 aliphatic carbocycles. The van der Waals surface area contributed by atoms with Crippen molar-refractivity contribution in [3.63, 3.8) is 0 Å².